The molecule has 5 heteroatoms. The van der Waals surface area contributed by atoms with Gasteiger partial charge in [0.2, 0.25) is 5.91 Å². The molecule has 0 spiro atoms. The van der Waals surface area contributed by atoms with Crippen molar-refractivity contribution in [1.29, 1.82) is 0 Å². The predicted molar refractivity (Wildman–Crippen MR) is 86.1 cm³/mol. The van der Waals surface area contributed by atoms with Crippen molar-refractivity contribution in [2.75, 3.05) is 33.9 Å². The summed E-state index contributed by atoms with van der Waals surface area (Å²) in [4.78, 5) is 12.8. The zero-order valence-electron chi connectivity index (χ0n) is 13.9. The zero-order chi connectivity index (χ0) is 16.2. The van der Waals surface area contributed by atoms with Crippen LogP contribution in [0.1, 0.15) is 30.5 Å². The zero-order valence-corrected chi connectivity index (χ0v) is 13.9. The highest BCUT2D eigenvalue weighted by Gasteiger charge is 2.41. The Labute approximate surface area is 132 Å². The van der Waals surface area contributed by atoms with Gasteiger partial charge in [0, 0.05) is 19.2 Å². The first-order valence-electron chi connectivity index (χ1n) is 7.67. The van der Waals surface area contributed by atoms with E-state index in [1.165, 1.54) is 0 Å². The maximum absolute atomic E-state index is 12.8. The normalized spacial score (nSPS) is 22.4. The van der Waals surface area contributed by atoms with E-state index >= 15 is 0 Å². The number of amides is 1. The van der Waals surface area contributed by atoms with Crippen LogP contribution in [-0.4, -0.2) is 39.8 Å². The third-order valence-corrected chi connectivity index (χ3v) is 4.35. The van der Waals surface area contributed by atoms with Crippen LogP contribution in [-0.2, 0) is 9.53 Å². The molecule has 1 aromatic carbocycles. The van der Waals surface area contributed by atoms with Crippen LogP contribution in [0, 0.1) is 12.3 Å². The van der Waals surface area contributed by atoms with Crippen molar-refractivity contribution in [2.24, 2.45) is 5.41 Å². The maximum atomic E-state index is 12.8. The second-order valence-electron chi connectivity index (χ2n) is 6.08. The molecule has 2 unspecified atom stereocenters. The summed E-state index contributed by atoms with van der Waals surface area (Å²) in [6, 6.07) is 5.89. The van der Waals surface area contributed by atoms with Crippen LogP contribution in [0.4, 0.5) is 0 Å². The predicted octanol–water partition coefficient (Wildman–Crippen LogP) is 1.81. The fourth-order valence-corrected chi connectivity index (χ4v) is 3.02. The lowest BCUT2D eigenvalue weighted by Gasteiger charge is -2.28. The van der Waals surface area contributed by atoms with E-state index in [1.54, 1.807) is 14.2 Å². The van der Waals surface area contributed by atoms with Gasteiger partial charge in [0.15, 0.2) is 0 Å². The van der Waals surface area contributed by atoms with Crippen LogP contribution in [0.25, 0.3) is 0 Å². The minimum absolute atomic E-state index is 0.0374. The quantitative estimate of drug-likeness (QED) is 0.841. The van der Waals surface area contributed by atoms with Gasteiger partial charge in [-0.1, -0.05) is 17.7 Å². The highest BCUT2D eigenvalue weighted by molar-refractivity contribution is 5.84. The number of hydrogen-bond donors (Lipinski definition) is 2. The molecule has 0 saturated carbocycles. The Balaban J connectivity index is 2.15. The molecule has 1 aromatic rings. The van der Waals surface area contributed by atoms with Crippen molar-refractivity contribution < 1.29 is 14.3 Å². The lowest BCUT2D eigenvalue weighted by Crippen LogP contribution is -2.46. The van der Waals surface area contributed by atoms with Gasteiger partial charge in [0.1, 0.15) is 5.75 Å². The van der Waals surface area contributed by atoms with Crippen LogP contribution in [0.5, 0.6) is 5.75 Å². The highest BCUT2D eigenvalue weighted by atomic mass is 16.5. The van der Waals surface area contributed by atoms with Crippen molar-refractivity contribution in [1.82, 2.24) is 10.6 Å². The van der Waals surface area contributed by atoms with E-state index in [4.69, 9.17) is 9.47 Å². The van der Waals surface area contributed by atoms with E-state index in [1.807, 2.05) is 26.0 Å². The first-order chi connectivity index (χ1) is 10.5. The second kappa shape index (κ2) is 7.11. The molecule has 1 aliphatic heterocycles. The van der Waals surface area contributed by atoms with Crippen molar-refractivity contribution in [3.05, 3.63) is 29.3 Å². The largest absolute Gasteiger partial charge is 0.496 e. The van der Waals surface area contributed by atoms with Crippen molar-refractivity contribution in [3.63, 3.8) is 0 Å². The molecule has 22 heavy (non-hydrogen) atoms. The molecule has 1 heterocycles. The number of carbonyl (C=O) groups is 1. The molecule has 0 aromatic heterocycles. The molecule has 1 aliphatic rings. The van der Waals surface area contributed by atoms with E-state index in [2.05, 4.69) is 16.7 Å². The number of methoxy groups -OCH3 is 2. The smallest absolute Gasteiger partial charge is 0.230 e. The van der Waals surface area contributed by atoms with E-state index in [0.29, 0.717) is 13.2 Å². The van der Waals surface area contributed by atoms with Gasteiger partial charge in [-0.25, -0.2) is 0 Å². The summed E-state index contributed by atoms with van der Waals surface area (Å²) in [6.45, 7) is 5.95. The summed E-state index contributed by atoms with van der Waals surface area (Å²) >= 11 is 0. The monoisotopic (exact) mass is 306 g/mol. The summed E-state index contributed by atoms with van der Waals surface area (Å²) in [6.07, 6.45) is 0.796. The highest BCUT2D eigenvalue weighted by Crippen LogP contribution is 2.30. The number of nitrogens with one attached hydrogen (secondary N) is 2. The van der Waals surface area contributed by atoms with Crippen molar-refractivity contribution in [3.8, 4) is 5.75 Å². The fourth-order valence-electron chi connectivity index (χ4n) is 3.02. The first kappa shape index (κ1) is 16.8. The SMILES string of the molecule is COCC1(C(=O)NC(C)c2cc(C)ccc2OC)CCNC1. The van der Waals surface area contributed by atoms with Crippen LogP contribution in [0.15, 0.2) is 18.2 Å². The minimum atomic E-state index is -0.472. The van der Waals surface area contributed by atoms with Gasteiger partial charge in [0.05, 0.1) is 25.2 Å². The Morgan fingerprint density at radius 3 is 2.82 bits per heavy atom. The lowest BCUT2D eigenvalue weighted by molar-refractivity contribution is -0.133. The van der Waals surface area contributed by atoms with Gasteiger partial charge in [-0.05, 0) is 32.9 Å². The third-order valence-electron chi connectivity index (χ3n) is 4.35. The fraction of sp³-hybridized carbons (Fsp3) is 0.588. The number of ether oxygens (including phenoxy) is 2. The number of hydrogen-bond acceptors (Lipinski definition) is 4. The number of aryl methyl sites for hydroxylation is 1. The Morgan fingerprint density at radius 1 is 1.45 bits per heavy atom. The summed E-state index contributed by atoms with van der Waals surface area (Å²) in [5.74, 6) is 0.833. The van der Waals surface area contributed by atoms with Gasteiger partial charge >= 0.3 is 0 Å². The first-order valence-corrected chi connectivity index (χ1v) is 7.67. The van der Waals surface area contributed by atoms with Crippen LogP contribution >= 0.6 is 0 Å². The summed E-state index contributed by atoms with van der Waals surface area (Å²) in [7, 11) is 3.29. The van der Waals surface area contributed by atoms with E-state index in [9.17, 15) is 4.79 Å². The second-order valence-corrected chi connectivity index (χ2v) is 6.08. The Hall–Kier alpha value is -1.59. The molecule has 0 bridgehead atoms. The Bertz CT molecular complexity index is 525. The van der Waals surface area contributed by atoms with Gasteiger partial charge < -0.3 is 20.1 Å². The summed E-state index contributed by atoms with van der Waals surface area (Å²) in [5, 5.41) is 6.38. The number of rotatable bonds is 6. The molecule has 2 N–H and O–H groups in total. The van der Waals surface area contributed by atoms with Gasteiger partial charge in [-0.2, -0.15) is 0 Å². The van der Waals surface area contributed by atoms with E-state index in [0.717, 1.165) is 29.8 Å². The maximum Gasteiger partial charge on any atom is 0.230 e. The van der Waals surface area contributed by atoms with Gasteiger partial charge in [0.25, 0.3) is 0 Å². The number of benzene rings is 1. The number of carbonyl (C=O) groups excluding carboxylic acids is 1. The van der Waals surface area contributed by atoms with Gasteiger partial charge in [-0.15, -0.1) is 0 Å². The Morgan fingerprint density at radius 2 is 2.23 bits per heavy atom. The Kier molecular flexibility index (Phi) is 5.42. The molecule has 1 saturated heterocycles. The topological polar surface area (TPSA) is 59.6 Å². The van der Waals surface area contributed by atoms with E-state index < -0.39 is 5.41 Å². The van der Waals surface area contributed by atoms with Crippen LogP contribution < -0.4 is 15.4 Å². The molecule has 1 amide bonds. The van der Waals surface area contributed by atoms with Crippen molar-refractivity contribution in [2.45, 2.75) is 26.3 Å². The molecule has 5 nitrogen and oxygen atoms in total. The molecule has 1 fully saturated rings. The summed E-state index contributed by atoms with van der Waals surface area (Å²) < 4.78 is 10.7. The molecule has 2 atom stereocenters. The molecule has 122 valence electrons. The minimum Gasteiger partial charge on any atom is -0.496 e. The average molecular weight is 306 g/mol. The van der Waals surface area contributed by atoms with Crippen molar-refractivity contribution >= 4 is 5.91 Å². The third kappa shape index (κ3) is 3.42. The van der Waals surface area contributed by atoms with E-state index in [-0.39, 0.29) is 11.9 Å². The molecule has 2 rings (SSSR count). The summed E-state index contributed by atoms with van der Waals surface area (Å²) in [5.41, 5.74) is 1.67. The standard InChI is InChI=1S/C17H26N2O3/c1-12-5-6-15(22-4)14(9-12)13(2)19-16(20)17(11-21-3)7-8-18-10-17/h5-6,9,13,18H,7-8,10-11H2,1-4H3,(H,19,20). The van der Waals surface area contributed by atoms with Crippen LogP contribution in [0.3, 0.4) is 0 Å². The van der Waals surface area contributed by atoms with Crippen LogP contribution in [0.2, 0.25) is 0 Å². The van der Waals surface area contributed by atoms with Gasteiger partial charge in [-0.3, -0.25) is 4.79 Å². The lowest BCUT2D eigenvalue weighted by atomic mass is 9.86. The molecule has 0 aliphatic carbocycles. The molecular weight excluding hydrogens is 280 g/mol. The average Bonchev–Trinajstić information content (AvgIpc) is 2.97. The molecular formula is C17H26N2O3. The molecule has 0 radical (unpaired) electrons.